The SMILES string of the molecule is C[C@@H]1COCCN1C1CCN(CCC(=O)Nc2ccc(F)cc2)CC1. The van der Waals surface area contributed by atoms with Gasteiger partial charge in [0.25, 0.3) is 0 Å². The van der Waals surface area contributed by atoms with Gasteiger partial charge < -0.3 is 15.0 Å². The number of piperidine rings is 1. The molecular weight excluding hydrogens is 321 g/mol. The second-order valence-corrected chi connectivity index (χ2v) is 7.04. The van der Waals surface area contributed by atoms with Crippen molar-refractivity contribution >= 4 is 11.6 Å². The van der Waals surface area contributed by atoms with Gasteiger partial charge in [-0.3, -0.25) is 9.69 Å². The Labute approximate surface area is 149 Å². The summed E-state index contributed by atoms with van der Waals surface area (Å²) in [6.07, 6.45) is 2.78. The normalized spacial score (nSPS) is 23.5. The van der Waals surface area contributed by atoms with Gasteiger partial charge in [-0.15, -0.1) is 0 Å². The smallest absolute Gasteiger partial charge is 0.225 e. The zero-order valence-corrected chi connectivity index (χ0v) is 14.9. The number of carbonyl (C=O) groups is 1. The predicted octanol–water partition coefficient (Wildman–Crippen LogP) is 2.34. The third-order valence-electron chi connectivity index (χ3n) is 5.23. The molecule has 1 atom stereocenters. The van der Waals surface area contributed by atoms with Crippen LogP contribution in [0.3, 0.4) is 0 Å². The van der Waals surface area contributed by atoms with Gasteiger partial charge in [0.15, 0.2) is 0 Å². The average Bonchev–Trinajstić information content (AvgIpc) is 2.63. The van der Waals surface area contributed by atoms with Crippen molar-refractivity contribution in [3.8, 4) is 0 Å². The molecule has 1 aromatic rings. The third-order valence-corrected chi connectivity index (χ3v) is 5.23. The second-order valence-electron chi connectivity index (χ2n) is 7.04. The number of morpholine rings is 1. The van der Waals surface area contributed by atoms with Crippen LogP contribution in [0, 0.1) is 5.82 Å². The first kappa shape index (κ1) is 18.3. The van der Waals surface area contributed by atoms with E-state index in [1.54, 1.807) is 12.1 Å². The van der Waals surface area contributed by atoms with Crippen LogP contribution in [-0.4, -0.2) is 67.2 Å². The molecule has 25 heavy (non-hydrogen) atoms. The first-order valence-electron chi connectivity index (χ1n) is 9.23. The van der Waals surface area contributed by atoms with Crippen LogP contribution in [-0.2, 0) is 9.53 Å². The number of nitrogens with zero attached hydrogens (tertiary/aromatic N) is 2. The Kier molecular flexibility index (Phi) is 6.39. The Bertz CT molecular complexity index is 558. The molecule has 1 N–H and O–H groups in total. The summed E-state index contributed by atoms with van der Waals surface area (Å²) in [6, 6.07) is 7.03. The maximum absolute atomic E-state index is 12.9. The van der Waals surface area contributed by atoms with Crippen molar-refractivity contribution in [3.05, 3.63) is 30.1 Å². The number of anilines is 1. The number of amides is 1. The molecule has 0 aromatic heterocycles. The maximum Gasteiger partial charge on any atom is 0.225 e. The number of nitrogens with one attached hydrogen (secondary N) is 1. The van der Waals surface area contributed by atoms with Crippen LogP contribution in [0.1, 0.15) is 26.2 Å². The van der Waals surface area contributed by atoms with Crippen LogP contribution < -0.4 is 5.32 Å². The van der Waals surface area contributed by atoms with Gasteiger partial charge in [-0.2, -0.15) is 0 Å². The zero-order chi connectivity index (χ0) is 17.6. The molecular formula is C19H28FN3O2. The fourth-order valence-corrected chi connectivity index (χ4v) is 3.77. The fourth-order valence-electron chi connectivity index (χ4n) is 3.77. The number of halogens is 1. The Balaban J connectivity index is 1.37. The number of rotatable bonds is 5. The molecule has 1 aromatic carbocycles. The van der Waals surface area contributed by atoms with Gasteiger partial charge in [0.05, 0.1) is 13.2 Å². The van der Waals surface area contributed by atoms with E-state index in [1.165, 1.54) is 12.1 Å². The van der Waals surface area contributed by atoms with Gasteiger partial charge in [0, 0.05) is 37.3 Å². The van der Waals surface area contributed by atoms with E-state index in [9.17, 15) is 9.18 Å². The van der Waals surface area contributed by atoms with Crippen LogP contribution in [0.15, 0.2) is 24.3 Å². The van der Waals surface area contributed by atoms with Gasteiger partial charge in [0.1, 0.15) is 5.82 Å². The second kappa shape index (κ2) is 8.74. The summed E-state index contributed by atoms with van der Waals surface area (Å²) in [4.78, 5) is 17.0. The summed E-state index contributed by atoms with van der Waals surface area (Å²) >= 11 is 0. The number of hydrogen-bond donors (Lipinski definition) is 1. The molecule has 2 aliphatic rings. The standard InChI is InChI=1S/C19H28FN3O2/c1-15-14-25-13-12-23(15)18-6-9-22(10-7-18)11-8-19(24)21-17-4-2-16(20)3-5-17/h2-5,15,18H,6-14H2,1H3,(H,21,24)/t15-/m1/s1. The Hall–Kier alpha value is -1.50. The minimum Gasteiger partial charge on any atom is -0.379 e. The van der Waals surface area contributed by atoms with Crippen LogP contribution in [0.4, 0.5) is 10.1 Å². The Morgan fingerprint density at radius 1 is 1.24 bits per heavy atom. The molecule has 0 saturated carbocycles. The van der Waals surface area contributed by atoms with Crippen LogP contribution in [0.25, 0.3) is 0 Å². The maximum atomic E-state index is 12.9. The van der Waals surface area contributed by atoms with Crippen molar-refractivity contribution in [2.24, 2.45) is 0 Å². The molecule has 5 nitrogen and oxygen atoms in total. The summed E-state index contributed by atoms with van der Waals surface area (Å²) in [5.41, 5.74) is 0.645. The molecule has 1 amide bonds. The number of likely N-dealkylation sites (tertiary alicyclic amines) is 1. The highest BCUT2D eigenvalue weighted by molar-refractivity contribution is 5.90. The molecule has 0 spiro atoms. The van der Waals surface area contributed by atoms with Crippen molar-refractivity contribution in [2.75, 3.05) is 44.7 Å². The summed E-state index contributed by atoms with van der Waals surface area (Å²) in [5.74, 6) is -0.314. The molecule has 0 aliphatic carbocycles. The molecule has 0 bridgehead atoms. The van der Waals surface area contributed by atoms with Crippen molar-refractivity contribution in [1.82, 2.24) is 9.80 Å². The van der Waals surface area contributed by atoms with Crippen LogP contribution >= 0.6 is 0 Å². The van der Waals surface area contributed by atoms with Crippen molar-refractivity contribution < 1.29 is 13.9 Å². The van der Waals surface area contributed by atoms with E-state index < -0.39 is 0 Å². The van der Waals surface area contributed by atoms with E-state index >= 15 is 0 Å². The van der Waals surface area contributed by atoms with E-state index in [2.05, 4.69) is 22.0 Å². The molecule has 2 saturated heterocycles. The minimum absolute atomic E-state index is 0.0180. The van der Waals surface area contributed by atoms with Crippen LogP contribution in [0.5, 0.6) is 0 Å². The van der Waals surface area contributed by atoms with E-state index in [1.807, 2.05) is 0 Å². The van der Waals surface area contributed by atoms with Crippen molar-refractivity contribution in [3.63, 3.8) is 0 Å². The van der Waals surface area contributed by atoms with Gasteiger partial charge in [0.2, 0.25) is 5.91 Å². The molecule has 138 valence electrons. The number of carbonyl (C=O) groups excluding carboxylic acids is 1. The highest BCUT2D eigenvalue weighted by Gasteiger charge is 2.29. The Morgan fingerprint density at radius 2 is 1.96 bits per heavy atom. The lowest BCUT2D eigenvalue weighted by atomic mass is 10.0. The van der Waals surface area contributed by atoms with E-state index in [0.29, 0.717) is 24.2 Å². The van der Waals surface area contributed by atoms with E-state index in [4.69, 9.17) is 4.74 Å². The topological polar surface area (TPSA) is 44.8 Å². The first-order valence-corrected chi connectivity index (χ1v) is 9.23. The number of hydrogen-bond acceptors (Lipinski definition) is 4. The average molecular weight is 349 g/mol. The molecule has 0 radical (unpaired) electrons. The lowest BCUT2D eigenvalue weighted by Gasteiger charge is -2.43. The Morgan fingerprint density at radius 3 is 2.64 bits per heavy atom. The quantitative estimate of drug-likeness (QED) is 0.886. The van der Waals surface area contributed by atoms with Gasteiger partial charge in [-0.1, -0.05) is 0 Å². The number of benzene rings is 1. The minimum atomic E-state index is -0.296. The largest absolute Gasteiger partial charge is 0.379 e. The molecule has 2 heterocycles. The highest BCUT2D eigenvalue weighted by atomic mass is 19.1. The molecule has 2 aliphatic heterocycles. The molecule has 6 heteroatoms. The van der Waals surface area contributed by atoms with E-state index in [0.717, 1.165) is 52.2 Å². The summed E-state index contributed by atoms with van der Waals surface area (Å²) in [6.45, 7) is 7.81. The molecule has 2 fully saturated rings. The third kappa shape index (κ3) is 5.23. The summed E-state index contributed by atoms with van der Waals surface area (Å²) in [7, 11) is 0. The highest BCUT2D eigenvalue weighted by Crippen LogP contribution is 2.21. The monoisotopic (exact) mass is 349 g/mol. The summed E-state index contributed by atoms with van der Waals surface area (Å²) < 4.78 is 18.4. The zero-order valence-electron chi connectivity index (χ0n) is 14.9. The predicted molar refractivity (Wildman–Crippen MR) is 96.1 cm³/mol. The van der Waals surface area contributed by atoms with Gasteiger partial charge in [-0.05, 0) is 57.1 Å². The first-order chi connectivity index (χ1) is 12.1. The van der Waals surface area contributed by atoms with E-state index in [-0.39, 0.29) is 11.7 Å². The fraction of sp³-hybridized carbons (Fsp3) is 0.632. The van der Waals surface area contributed by atoms with Gasteiger partial charge >= 0.3 is 0 Å². The van der Waals surface area contributed by atoms with Gasteiger partial charge in [-0.25, -0.2) is 4.39 Å². The molecule has 3 rings (SSSR count). The van der Waals surface area contributed by atoms with Crippen molar-refractivity contribution in [2.45, 2.75) is 38.3 Å². The van der Waals surface area contributed by atoms with Crippen molar-refractivity contribution in [1.29, 1.82) is 0 Å². The van der Waals surface area contributed by atoms with Crippen LogP contribution in [0.2, 0.25) is 0 Å². The number of ether oxygens (including phenoxy) is 1. The lowest BCUT2D eigenvalue weighted by molar-refractivity contribution is -0.116. The summed E-state index contributed by atoms with van der Waals surface area (Å²) in [5, 5.41) is 2.82. The molecule has 0 unspecified atom stereocenters. The lowest BCUT2D eigenvalue weighted by Crippen LogP contribution is -2.53.